The number of para-hydroxylation sites is 1. The first kappa shape index (κ1) is 35.0. The number of anilines is 1. The van der Waals surface area contributed by atoms with E-state index in [4.69, 9.17) is 5.73 Å². The lowest BCUT2D eigenvalue weighted by Crippen LogP contribution is -2.57. The van der Waals surface area contributed by atoms with Gasteiger partial charge in [-0.15, -0.1) is 0 Å². The number of carboxylic acids is 1. The molecule has 16 heteroatoms. The normalized spacial score (nSPS) is 17.5. The summed E-state index contributed by atoms with van der Waals surface area (Å²) in [7, 11) is 1.28. The van der Waals surface area contributed by atoms with Gasteiger partial charge in [0.15, 0.2) is 0 Å². The third kappa shape index (κ3) is 9.03. The highest BCUT2D eigenvalue weighted by Gasteiger charge is 2.42. The molecule has 0 aromatic heterocycles. The lowest BCUT2D eigenvalue weighted by atomic mass is 9.83. The number of nitrogens with zero attached hydrogens (tertiary/aromatic N) is 3. The molecule has 4 N–H and O–H groups in total. The van der Waals surface area contributed by atoms with Crippen molar-refractivity contribution < 1.29 is 50.6 Å². The summed E-state index contributed by atoms with van der Waals surface area (Å²) >= 11 is 0. The molecule has 1 heterocycles. The van der Waals surface area contributed by atoms with Crippen molar-refractivity contribution in [1.82, 2.24) is 10.3 Å². The Bertz CT molecular complexity index is 1430. The number of hydrogen-bond donors (Lipinski definition) is 3. The van der Waals surface area contributed by atoms with Crippen molar-refractivity contribution in [1.29, 1.82) is 0 Å². The highest BCUT2D eigenvalue weighted by atomic mass is 19.4. The number of likely N-dealkylation sites (N-methyl/N-ethyl adjacent to an activating group) is 1. The van der Waals surface area contributed by atoms with E-state index in [0.29, 0.717) is 11.1 Å². The number of benzene rings is 2. The number of aliphatic imine (C=N–C) groups is 1. The molecule has 1 aliphatic rings. The van der Waals surface area contributed by atoms with Gasteiger partial charge in [-0.25, -0.2) is 15.0 Å². The van der Waals surface area contributed by atoms with E-state index in [1.165, 1.54) is 20.0 Å². The molecule has 0 bridgehead atoms. The molecule has 45 heavy (non-hydrogen) atoms. The van der Waals surface area contributed by atoms with Crippen LogP contribution < -0.4 is 16.1 Å². The Kier molecular flexibility index (Phi) is 11.0. The summed E-state index contributed by atoms with van der Waals surface area (Å²) < 4.78 is 78.7. The SMILES string of the molecule is C[C@@H](C(=O)O)N(C)N1C(=O)[C@@H](NC(=O)[C@H](CCC(F)(F)F)[C@H](CCC(F)(F)F)C(N)=O)N=C(c2ccccc2)c2ccccc21. The lowest BCUT2D eigenvalue weighted by molar-refractivity contribution is -0.152. The molecule has 0 radical (unpaired) electrons. The molecule has 3 rings (SSSR count). The van der Waals surface area contributed by atoms with Gasteiger partial charge >= 0.3 is 18.3 Å². The quantitative estimate of drug-likeness (QED) is 0.298. The van der Waals surface area contributed by atoms with Gasteiger partial charge in [0.2, 0.25) is 18.0 Å². The largest absolute Gasteiger partial charge is 0.480 e. The molecule has 0 unspecified atom stereocenters. The average molecular weight is 644 g/mol. The van der Waals surface area contributed by atoms with Gasteiger partial charge < -0.3 is 16.2 Å². The molecule has 0 saturated carbocycles. The van der Waals surface area contributed by atoms with Crippen LogP contribution in [-0.2, 0) is 19.2 Å². The predicted molar refractivity (Wildman–Crippen MR) is 150 cm³/mol. The van der Waals surface area contributed by atoms with Gasteiger partial charge in [-0.2, -0.15) is 26.3 Å². The second-order valence-corrected chi connectivity index (χ2v) is 10.4. The van der Waals surface area contributed by atoms with Crippen molar-refractivity contribution in [3.8, 4) is 0 Å². The predicted octanol–water partition coefficient (Wildman–Crippen LogP) is 4.04. The van der Waals surface area contributed by atoms with Crippen molar-refractivity contribution in [2.75, 3.05) is 12.1 Å². The number of carbonyl (C=O) groups is 4. The molecule has 244 valence electrons. The van der Waals surface area contributed by atoms with Gasteiger partial charge in [-0.05, 0) is 25.8 Å². The van der Waals surface area contributed by atoms with E-state index in [1.54, 1.807) is 48.5 Å². The number of amides is 3. The fourth-order valence-corrected chi connectivity index (χ4v) is 4.86. The first-order valence-corrected chi connectivity index (χ1v) is 13.7. The number of carboxylic acid groups (broad SMARTS) is 1. The average Bonchev–Trinajstić information content (AvgIpc) is 3.07. The topological polar surface area (TPSA) is 145 Å². The Morgan fingerprint density at radius 2 is 1.49 bits per heavy atom. The number of rotatable bonds is 12. The molecule has 0 saturated heterocycles. The number of carbonyl (C=O) groups excluding carboxylic acids is 3. The van der Waals surface area contributed by atoms with E-state index < -0.39 is 85.8 Å². The smallest absolute Gasteiger partial charge is 0.389 e. The molecule has 2 aromatic rings. The molecule has 2 aromatic carbocycles. The fourth-order valence-electron chi connectivity index (χ4n) is 4.86. The maximum absolute atomic E-state index is 14.0. The van der Waals surface area contributed by atoms with Crippen molar-refractivity contribution in [2.24, 2.45) is 22.6 Å². The lowest BCUT2D eigenvalue weighted by Gasteiger charge is -2.35. The standard InChI is InChI=1S/C29H31F6N5O5/c1-16(27(44)45)39(2)40-21-11-7-6-10-20(21)22(17-8-4-3-5-9-17)37-24(26(40)43)38-25(42)19(13-15-29(33,34)35)18(23(36)41)12-14-28(30,31)32/h3-11,16,18-19,24H,12-15H2,1-2H3,(H2,36,41)(H,38,42)(H,44,45)/t16-,18-,19+,24+/m0/s1. The number of halogens is 6. The second kappa shape index (κ2) is 14.1. The number of nitrogens with one attached hydrogen (secondary N) is 1. The molecule has 4 atom stereocenters. The summed E-state index contributed by atoms with van der Waals surface area (Å²) in [5, 5.41) is 13.9. The van der Waals surface area contributed by atoms with Crippen LogP contribution in [-0.4, -0.2) is 71.1 Å². The Balaban J connectivity index is 2.14. The van der Waals surface area contributed by atoms with E-state index >= 15 is 0 Å². The van der Waals surface area contributed by atoms with Gasteiger partial charge in [0.25, 0.3) is 5.91 Å². The minimum Gasteiger partial charge on any atom is -0.480 e. The van der Waals surface area contributed by atoms with Gasteiger partial charge in [0.05, 0.1) is 11.4 Å². The Morgan fingerprint density at radius 1 is 0.956 bits per heavy atom. The van der Waals surface area contributed by atoms with Crippen LogP contribution in [0.15, 0.2) is 59.6 Å². The molecular formula is C29H31F6N5O5. The molecule has 0 spiro atoms. The number of aliphatic carboxylic acids is 1. The van der Waals surface area contributed by atoms with E-state index in [-0.39, 0.29) is 11.4 Å². The van der Waals surface area contributed by atoms with Crippen molar-refractivity contribution in [2.45, 2.75) is 57.2 Å². The van der Waals surface area contributed by atoms with Crippen LogP contribution in [0.4, 0.5) is 32.0 Å². The number of alkyl halides is 6. The third-order valence-corrected chi connectivity index (χ3v) is 7.31. The molecule has 0 aliphatic carbocycles. The van der Waals surface area contributed by atoms with Crippen molar-refractivity contribution >= 4 is 35.1 Å². The number of fused-ring (bicyclic) bond motifs is 1. The van der Waals surface area contributed by atoms with E-state index in [1.807, 2.05) is 0 Å². The zero-order valence-corrected chi connectivity index (χ0v) is 24.1. The maximum Gasteiger partial charge on any atom is 0.389 e. The first-order chi connectivity index (χ1) is 20.9. The van der Waals surface area contributed by atoms with E-state index in [9.17, 15) is 50.6 Å². The van der Waals surface area contributed by atoms with Crippen LogP contribution in [0.25, 0.3) is 0 Å². The Hall–Kier alpha value is -4.47. The Labute approximate surface area is 253 Å². The highest BCUT2D eigenvalue weighted by Crippen LogP contribution is 2.34. The summed E-state index contributed by atoms with van der Waals surface area (Å²) in [5.41, 5.74) is 6.34. The summed E-state index contributed by atoms with van der Waals surface area (Å²) in [6.07, 6.45) is -16.9. The number of benzodiazepines with no additional fused rings is 1. The van der Waals surface area contributed by atoms with E-state index in [0.717, 1.165) is 10.0 Å². The van der Waals surface area contributed by atoms with Crippen LogP contribution >= 0.6 is 0 Å². The first-order valence-electron chi connectivity index (χ1n) is 13.7. The number of primary amides is 1. The monoisotopic (exact) mass is 643 g/mol. The molecular weight excluding hydrogens is 612 g/mol. The zero-order valence-electron chi connectivity index (χ0n) is 24.1. The van der Waals surface area contributed by atoms with Gasteiger partial charge in [0.1, 0.15) is 6.04 Å². The minimum absolute atomic E-state index is 0.138. The van der Waals surface area contributed by atoms with Crippen LogP contribution in [0, 0.1) is 11.8 Å². The van der Waals surface area contributed by atoms with E-state index in [2.05, 4.69) is 10.3 Å². The summed E-state index contributed by atoms with van der Waals surface area (Å²) in [4.78, 5) is 56.1. The summed E-state index contributed by atoms with van der Waals surface area (Å²) in [6.45, 7) is 1.28. The van der Waals surface area contributed by atoms with Gasteiger partial charge in [-0.3, -0.25) is 19.2 Å². The second-order valence-electron chi connectivity index (χ2n) is 10.4. The summed E-state index contributed by atoms with van der Waals surface area (Å²) in [6, 6.07) is 13.2. The van der Waals surface area contributed by atoms with Gasteiger partial charge in [0, 0.05) is 42.9 Å². The third-order valence-electron chi connectivity index (χ3n) is 7.31. The zero-order chi connectivity index (χ0) is 33.7. The minimum atomic E-state index is -4.84. The number of hydrazine groups is 1. The molecule has 3 amide bonds. The Morgan fingerprint density at radius 3 is 2.02 bits per heavy atom. The summed E-state index contributed by atoms with van der Waals surface area (Å²) in [5.74, 6) is -9.11. The van der Waals surface area contributed by atoms with Gasteiger partial charge in [-0.1, -0.05) is 48.5 Å². The number of nitrogens with two attached hydrogens (primary N) is 1. The molecule has 1 aliphatic heterocycles. The van der Waals surface area contributed by atoms with Crippen LogP contribution in [0.2, 0.25) is 0 Å². The van der Waals surface area contributed by atoms with Crippen LogP contribution in [0.5, 0.6) is 0 Å². The van der Waals surface area contributed by atoms with Crippen LogP contribution in [0.1, 0.15) is 43.7 Å². The molecule has 0 fully saturated rings. The molecule has 10 nitrogen and oxygen atoms in total. The van der Waals surface area contributed by atoms with Crippen LogP contribution in [0.3, 0.4) is 0 Å². The maximum atomic E-state index is 14.0. The van der Waals surface area contributed by atoms with Crippen molar-refractivity contribution in [3.05, 3.63) is 65.7 Å². The fraction of sp³-hybridized carbons (Fsp3) is 0.414. The highest BCUT2D eigenvalue weighted by molar-refractivity contribution is 6.20. The van der Waals surface area contributed by atoms with Crippen molar-refractivity contribution in [3.63, 3.8) is 0 Å². The number of hydrogen-bond acceptors (Lipinski definition) is 6.